The number of hydrogen-bond donors (Lipinski definition) is 1. The Kier molecular flexibility index (Phi) is 4.15. The summed E-state index contributed by atoms with van der Waals surface area (Å²) in [6.07, 6.45) is 5.33. The van der Waals surface area contributed by atoms with Crippen LogP contribution < -0.4 is 0 Å². The monoisotopic (exact) mass is 349 g/mol. The topological polar surface area (TPSA) is 41.3 Å². The molecule has 112 valence electrons. The molecule has 0 atom stereocenters. The highest BCUT2D eigenvalue weighted by molar-refractivity contribution is 9.10. The van der Waals surface area contributed by atoms with Crippen molar-refractivity contribution < 1.29 is 5.11 Å². The summed E-state index contributed by atoms with van der Waals surface area (Å²) < 4.78 is 3.09. The molecule has 21 heavy (non-hydrogen) atoms. The fraction of sp³-hybridized carbons (Fsp3) is 0.438. The standard InChI is InChI=1S/C16H20BrN3O/c1-19-11-8-18-15(19)12-20-9-6-16(21,7-10-20)13-2-4-14(17)5-3-13/h2-5,8,11,21H,6-7,9-10,12H2,1H3. The van der Waals surface area contributed by atoms with E-state index in [0.717, 1.165) is 48.3 Å². The lowest BCUT2D eigenvalue weighted by atomic mass is 9.84. The van der Waals surface area contributed by atoms with E-state index in [2.05, 4.69) is 30.4 Å². The van der Waals surface area contributed by atoms with Crippen molar-refractivity contribution in [2.24, 2.45) is 7.05 Å². The zero-order chi connectivity index (χ0) is 14.9. The van der Waals surface area contributed by atoms with Gasteiger partial charge in [0.1, 0.15) is 5.82 Å². The van der Waals surface area contributed by atoms with E-state index in [1.165, 1.54) is 0 Å². The van der Waals surface area contributed by atoms with Gasteiger partial charge in [0.25, 0.3) is 0 Å². The van der Waals surface area contributed by atoms with E-state index in [-0.39, 0.29) is 0 Å². The summed E-state index contributed by atoms with van der Waals surface area (Å²) in [7, 11) is 2.02. The number of imidazole rings is 1. The fourth-order valence-electron chi connectivity index (χ4n) is 2.88. The SMILES string of the molecule is Cn1ccnc1CN1CCC(O)(c2ccc(Br)cc2)CC1. The number of aryl methyl sites for hydroxylation is 1. The number of aromatic nitrogens is 2. The first-order valence-corrected chi connectivity index (χ1v) is 8.03. The third kappa shape index (κ3) is 3.20. The molecule has 1 aliphatic heterocycles. The molecule has 4 nitrogen and oxygen atoms in total. The first-order valence-electron chi connectivity index (χ1n) is 7.24. The summed E-state index contributed by atoms with van der Waals surface area (Å²) in [6.45, 7) is 2.62. The third-order valence-corrected chi connectivity index (χ3v) is 4.88. The summed E-state index contributed by atoms with van der Waals surface area (Å²) >= 11 is 3.44. The number of likely N-dealkylation sites (tertiary alicyclic amines) is 1. The van der Waals surface area contributed by atoms with E-state index in [4.69, 9.17) is 0 Å². The third-order valence-electron chi connectivity index (χ3n) is 4.35. The first-order chi connectivity index (χ1) is 10.1. The maximum atomic E-state index is 10.9. The highest BCUT2D eigenvalue weighted by atomic mass is 79.9. The molecule has 0 bridgehead atoms. The maximum Gasteiger partial charge on any atom is 0.122 e. The van der Waals surface area contributed by atoms with Gasteiger partial charge in [-0.2, -0.15) is 0 Å². The molecule has 5 heteroatoms. The highest BCUT2D eigenvalue weighted by Gasteiger charge is 2.34. The Labute approximate surface area is 133 Å². The van der Waals surface area contributed by atoms with Gasteiger partial charge in [-0.3, -0.25) is 4.90 Å². The van der Waals surface area contributed by atoms with Crippen LogP contribution in [-0.4, -0.2) is 32.6 Å². The zero-order valence-corrected chi connectivity index (χ0v) is 13.8. The maximum absolute atomic E-state index is 10.9. The van der Waals surface area contributed by atoms with Gasteiger partial charge in [0.2, 0.25) is 0 Å². The van der Waals surface area contributed by atoms with Crippen LogP contribution in [0, 0.1) is 0 Å². The van der Waals surface area contributed by atoms with Crippen molar-refractivity contribution in [1.82, 2.24) is 14.5 Å². The molecule has 1 saturated heterocycles. The van der Waals surface area contributed by atoms with Crippen LogP contribution in [-0.2, 0) is 19.2 Å². The summed E-state index contributed by atoms with van der Waals surface area (Å²) in [6, 6.07) is 8.01. The van der Waals surface area contributed by atoms with Crippen LogP contribution in [0.5, 0.6) is 0 Å². The fourth-order valence-corrected chi connectivity index (χ4v) is 3.14. The largest absolute Gasteiger partial charge is 0.385 e. The normalized spacial score (nSPS) is 18.8. The highest BCUT2D eigenvalue weighted by Crippen LogP contribution is 2.33. The molecule has 0 amide bonds. The van der Waals surface area contributed by atoms with Gasteiger partial charge in [-0.15, -0.1) is 0 Å². The van der Waals surface area contributed by atoms with Crippen molar-refractivity contribution in [2.75, 3.05) is 13.1 Å². The van der Waals surface area contributed by atoms with E-state index < -0.39 is 5.60 Å². The molecule has 1 aliphatic rings. The molecule has 0 spiro atoms. The summed E-state index contributed by atoms with van der Waals surface area (Å²) in [5.41, 5.74) is 0.320. The molecule has 2 aromatic rings. The number of rotatable bonds is 3. The zero-order valence-electron chi connectivity index (χ0n) is 12.2. The Morgan fingerprint density at radius 3 is 2.48 bits per heavy atom. The van der Waals surface area contributed by atoms with Crippen LogP contribution in [0.3, 0.4) is 0 Å². The van der Waals surface area contributed by atoms with Crippen LogP contribution in [0.2, 0.25) is 0 Å². The van der Waals surface area contributed by atoms with Gasteiger partial charge in [0.05, 0.1) is 12.1 Å². The average molecular weight is 350 g/mol. The van der Waals surface area contributed by atoms with E-state index in [1.54, 1.807) is 0 Å². The molecule has 0 unspecified atom stereocenters. The molecular weight excluding hydrogens is 330 g/mol. The Hall–Kier alpha value is -1.17. The van der Waals surface area contributed by atoms with Gasteiger partial charge in [-0.05, 0) is 30.5 Å². The van der Waals surface area contributed by atoms with Crippen molar-refractivity contribution in [3.63, 3.8) is 0 Å². The van der Waals surface area contributed by atoms with Crippen molar-refractivity contribution in [1.29, 1.82) is 0 Å². The van der Waals surface area contributed by atoms with E-state index in [1.807, 2.05) is 43.7 Å². The second-order valence-electron chi connectivity index (χ2n) is 5.77. The van der Waals surface area contributed by atoms with E-state index in [0.29, 0.717) is 0 Å². The number of benzene rings is 1. The average Bonchev–Trinajstić information content (AvgIpc) is 2.88. The number of halogens is 1. The summed E-state index contributed by atoms with van der Waals surface area (Å²) in [5, 5.41) is 10.9. The summed E-state index contributed by atoms with van der Waals surface area (Å²) in [4.78, 5) is 6.72. The molecule has 0 aliphatic carbocycles. The molecule has 1 aromatic carbocycles. The predicted molar refractivity (Wildman–Crippen MR) is 85.8 cm³/mol. The molecular formula is C16H20BrN3O. The van der Waals surface area contributed by atoms with Crippen molar-refractivity contribution >= 4 is 15.9 Å². The van der Waals surface area contributed by atoms with Crippen molar-refractivity contribution in [2.45, 2.75) is 25.0 Å². The van der Waals surface area contributed by atoms with Crippen LogP contribution in [0.4, 0.5) is 0 Å². The van der Waals surface area contributed by atoms with Gasteiger partial charge in [0, 0.05) is 37.0 Å². The number of nitrogens with zero attached hydrogens (tertiary/aromatic N) is 3. The lowest BCUT2D eigenvalue weighted by Crippen LogP contribution is -2.42. The lowest BCUT2D eigenvalue weighted by molar-refractivity contribution is -0.0283. The predicted octanol–water partition coefficient (Wildman–Crippen LogP) is 2.67. The molecule has 0 radical (unpaired) electrons. The van der Waals surface area contributed by atoms with Gasteiger partial charge in [-0.25, -0.2) is 4.98 Å². The number of piperidine rings is 1. The Morgan fingerprint density at radius 1 is 1.24 bits per heavy atom. The molecule has 1 fully saturated rings. The number of hydrogen-bond acceptors (Lipinski definition) is 3. The Morgan fingerprint density at radius 2 is 1.90 bits per heavy atom. The van der Waals surface area contributed by atoms with Crippen LogP contribution in [0.25, 0.3) is 0 Å². The van der Waals surface area contributed by atoms with Crippen molar-refractivity contribution in [3.8, 4) is 0 Å². The Bertz CT molecular complexity index is 600. The van der Waals surface area contributed by atoms with Gasteiger partial charge in [0.15, 0.2) is 0 Å². The van der Waals surface area contributed by atoms with Gasteiger partial charge >= 0.3 is 0 Å². The van der Waals surface area contributed by atoms with Gasteiger partial charge in [-0.1, -0.05) is 28.1 Å². The minimum Gasteiger partial charge on any atom is -0.385 e. The van der Waals surface area contributed by atoms with Crippen LogP contribution in [0.15, 0.2) is 41.1 Å². The molecule has 0 saturated carbocycles. The molecule has 3 rings (SSSR count). The lowest BCUT2D eigenvalue weighted by Gasteiger charge is -2.38. The van der Waals surface area contributed by atoms with Crippen LogP contribution in [0.1, 0.15) is 24.2 Å². The minimum atomic E-state index is -0.696. The molecule has 2 heterocycles. The van der Waals surface area contributed by atoms with Crippen LogP contribution >= 0.6 is 15.9 Å². The first kappa shape index (κ1) is 14.8. The minimum absolute atomic E-state index is 0.696. The van der Waals surface area contributed by atoms with Gasteiger partial charge < -0.3 is 9.67 Å². The second-order valence-corrected chi connectivity index (χ2v) is 6.68. The second kappa shape index (κ2) is 5.91. The Balaban J connectivity index is 1.64. The van der Waals surface area contributed by atoms with E-state index in [9.17, 15) is 5.11 Å². The summed E-state index contributed by atoms with van der Waals surface area (Å²) in [5.74, 6) is 1.07. The molecule has 1 N–H and O–H groups in total. The van der Waals surface area contributed by atoms with E-state index >= 15 is 0 Å². The quantitative estimate of drug-likeness (QED) is 0.925. The molecule has 1 aromatic heterocycles. The van der Waals surface area contributed by atoms with Crippen molar-refractivity contribution in [3.05, 3.63) is 52.5 Å². The smallest absolute Gasteiger partial charge is 0.122 e. The number of aliphatic hydroxyl groups is 1.